The molecule has 0 aliphatic heterocycles. The number of nitrogens with one attached hydrogen (secondary N) is 1. The molecule has 0 radical (unpaired) electrons. The van der Waals surface area contributed by atoms with Gasteiger partial charge in [0.25, 0.3) is 0 Å². The Morgan fingerprint density at radius 2 is 2.29 bits per heavy atom. The molecule has 0 saturated heterocycles. The van der Waals surface area contributed by atoms with E-state index in [-0.39, 0.29) is 12.5 Å². The largest absolute Gasteiger partial charge is 0.388 e. The van der Waals surface area contributed by atoms with E-state index in [1.165, 1.54) is 0 Å². The molecule has 1 unspecified atom stereocenters. The molecule has 0 spiro atoms. The molecule has 0 aromatic heterocycles. The summed E-state index contributed by atoms with van der Waals surface area (Å²) >= 11 is 0. The average Bonchev–Trinajstić information content (AvgIpc) is 2.11. The van der Waals surface area contributed by atoms with Crippen molar-refractivity contribution in [2.75, 3.05) is 20.3 Å². The van der Waals surface area contributed by atoms with Gasteiger partial charge in [0.1, 0.15) is 0 Å². The van der Waals surface area contributed by atoms with Crippen LogP contribution in [-0.4, -0.2) is 42.9 Å². The minimum Gasteiger partial charge on any atom is -0.388 e. The number of methoxy groups -OCH3 is 1. The lowest BCUT2D eigenvalue weighted by Crippen LogP contribution is -2.46. The van der Waals surface area contributed by atoms with Crippen LogP contribution in [0.3, 0.4) is 0 Å². The molecule has 0 aliphatic rings. The zero-order valence-electron chi connectivity index (χ0n) is 9.04. The molecule has 4 N–H and O–H groups in total. The van der Waals surface area contributed by atoms with Gasteiger partial charge in [-0.3, -0.25) is 4.79 Å². The fourth-order valence-electron chi connectivity index (χ4n) is 0.849. The first-order valence-corrected chi connectivity index (χ1v) is 4.63. The molecule has 0 rings (SSSR count). The van der Waals surface area contributed by atoms with E-state index in [4.69, 9.17) is 10.5 Å². The summed E-state index contributed by atoms with van der Waals surface area (Å²) in [6.45, 7) is 3.89. The first kappa shape index (κ1) is 13.4. The number of hydrogen-bond donors (Lipinski definition) is 3. The van der Waals surface area contributed by atoms with E-state index in [1.54, 1.807) is 21.0 Å². The van der Waals surface area contributed by atoms with Gasteiger partial charge in [0.15, 0.2) is 0 Å². The summed E-state index contributed by atoms with van der Waals surface area (Å²) < 4.78 is 4.83. The second-order valence-corrected chi connectivity index (χ2v) is 3.75. The molecule has 0 aromatic rings. The van der Waals surface area contributed by atoms with E-state index in [9.17, 15) is 9.90 Å². The zero-order chi connectivity index (χ0) is 11.2. The van der Waals surface area contributed by atoms with Crippen LogP contribution in [0.5, 0.6) is 0 Å². The van der Waals surface area contributed by atoms with Gasteiger partial charge in [0, 0.05) is 26.7 Å². The van der Waals surface area contributed by atoms with E-state index in [0.29, 0.717) is 13.0 Å². The fourth-order valence-corrected chi connectivity index (χ4v) is 0.849. The summed E-state index contributed by atoms with van der Waals surface area (Å²) in [4.78, 5) is 11.1. The molecule has 0 bridgehead atoms. The van der Waals surface area contributed by atoms with Gasteiger partial charge in [0.05, 0.1) is 11.6 Å². The van der Waals surface area contributed by atoms with Gasteiger partial charge in [-0.2, -0.15) is 0 Å². The third-order valence-corrected chi connectivity index (χ3v) is 1.90. The van der Waals surface area contributed by atoms with Crippen molar-refractivity contribution in [3.63, 3.8) is 0 Å². The maximum absolute atomic E-state index is 11.1. The zero-order valence-corrected chi connectivity index (χ0v) is 9.04. The molecular weight excluding hydrogens is 184 g/mol. The third kappa shape index (κ3) is 5.90. The van der Waals surface area contributed by atoms with Gasteiger partial charge < -0.3 is 20.9 Å². The molecule has 14 heavy (non-hydrogen) atoms. The molecule has 0 aromatic carbocycles. The molecule has 5 heteroatoms. The maximum atomic E-state index is 11.1. The molecular formula is C9H20N2O3. The quantitative estimate of drug-likeness (QED) is 0.531. The molecule has 0 heterocycles. The van der Waals surface area contributed by atoms with Crippen LogP contribution in [0.1, 0.15) is 20.3 Å². The highest BCUT2D eigenvalue weighted by molar-refractivity contribution is 5.80. The van der Waals surface area contributed by atoms with Crippen LogP contribution in [0.4, 0.5) is 0 Å². The lowest BCUT2D eigenvalue weighted by molar-refractivity contribution is -0.123. The Bertz CT molecular complexity index is 181. The second kappa shape index (κ2) is 5.95. The second-order valence-electron chi connectivity index (χ2n) is 3.75. The smallest absolute Gasteiger partial charge is 0.236 e. The van der Waals surface area contributed by atoms with E-state index in [0.717, 1.165) is 0 Å². The number of carbonyl (C=O) groups excluding carboxylic acids is 1. The number of ether oxygens (including phenoxy) is 1. The molecule has 5 nitrogen and oxygen atoms in total. The summed E-state index contributed by atoms with van der Waals surface area (Å²) in [6.07, 6.45) is 0.475. The highest BCUT2D eigenvalue weighted by atomic mass is 16.5. The van der Waals surface area contributed by atoms with Crippen LogP contribution in [-0.2, 0) is 9.53 Å². The predicted molar refractivity (Wildman–Crippen MR) is 53.8 cm³/mol. The SMILES string of the molecule is COCCC(C)(O)CNC(=O)[C@H](C)N. The number of nitrogens with two attached hydrogens (primary N) is 1. The molecule has 1 amide bonds. The van der Waals surface area contributed by atoms with Gasteiger partial charge in [0.2, 0.25) is 5.91 Å². The maximum Gasteiger partial charge on any atom is 0.236 e. The van der Waals surface area contributed by atoms with Gasteiger partial charge in [-0.1, -0.05) is 0 Å². The highest BCUT2D eigenvalue weighted by Crippen LogP contribution is 2.07. The summed E-state index contributed by atoms with van der Waals surface area (Å²) in [6, 6.07) is -0.548. The monoisotopic (exact) mass is 204 g/mol. The minimum absolute atomic E-state index is 0.191. The van der Waals surface area contributed by atoms with Crippen molar-refractivity contribution < 1.29 is 14.6 Å². The topological polar surface area (TPSA) is 84.6 Å². The van der Waals surface area contributed by atoms with Crippen molar-refractivity contribution in [3.05, 3.63) is 0 Å². The molecule has 0 aliphatic carbocycles. The summed E-state index contributed by atoms with van der Waals surface area (Å²) in [5, 5.41) is 12.3. The van der Waals surface area contributed by atoms with Crippen molar-refractivity contribution in [1.29, 1.82) is 0 Å². The van der Waals surface area contributed by atoms with Crippen LogP contribution < -0.4 is 11.1 Å². The Morgan fingerprint density at radius 3 is 2.71 bits per heavy atom. The van der Waals surface area contributed by atoms with Crippen LogP contribution in [0, 0.1) is 0 Å². The molecule has 84 valence electrons. The standard InChI is InChI=1S/C9H20N2O3/c1-7(10)8(12)11-6-9(2,13)4-5-14-3/h7,13H,4-6,10H2,1-3H3,(H,11,12)/t7-,9?/m0/s1. The number of rotatable bonds is 6. The number of amides is 1. The Morgan fingerprint density at radius 1 is 1.71 bits per heavy atom. The van der Waals surface area contributed by atoms with Crippen molar-refractivity contribution in [2.24, 2.45) is 5.73 Å². The first-order chi connectivity index (χ1) is 6.39. The number of aliphatic hydroxyl groups is 1. The molecule has 2 atom stereocenters. The number of hydrogen-bond acceptors (Lipinski definition) is 4. The average molecular weight is 204 g/mol. The van der Waals surface area contributed by atoms with Crippen molar-refractivity contribution in [2.45, 2.75) is 31.9 Å². The van der Waals surface area contributed by atoms with Crippen LogP contribution in [0.25, 0.3) is 0 Å². The Kier molecular flexibility index (Phi) is 5.68. The summed E-state index contributed by atoms with van der Waals surface area (Å²) in [7, 11) is 1.57. The third-order valence-electron chi connectivity index (χ3n) is 1.90. The normalized spacial score (nSPS) is 17.2. The summed E-state index contributed by atoms with van der Waals surface area (Å²) in [5.74, 6) is -0.261. The van der Waals surface area contributed by atoms with E-state index < -0.39 is 11.6 Å². The lowest BCUT2D eigenvalue weighted by Gasteiger charge is -2.23. The van der Waals surface area contributed by atoms with Crippen molar-refractivity contribution in [1.82, 2.24) is 5.32 Å². The van der Waals surface area contributed by atoms with Gasteiger partial charge >= 0.3 is 0 Å². The van der Waals surface area contributed by atoms with Crippen LogP contribution in [0.2, 0.25) is 0 Å². The van der Waals surface area contributed by atoms with Gasteiger partial charge in [-0.25, -0.2) is 0 Å². The van der Waals surface area contributed by atoms with Crippen LogP contribution >= 0.6 is 0 Å². The Hall–Kier alpha value is -0.650. The predicted octanol–water partition coefficient (Wildman–Crippen LogP) is -0.763. The fraction of sp³-hybridized carbons (Fsp3) is 0.889. The van der Waals surface area contributed by atoms with Gasteiger partial charge in [-0.05, 0) is 13.8 Å². The Labute approximate surface area is 84.6 Å². The summed E-state index contributed by atoms with van der Waals surface area (Å²) in [5.41, 5.74) is 4.40. The van der Waals surface area contributed by atoms with Crippen molar-refractivity contribution in [3.8, 4) is 0 Å². The van der Waals surface area contributed by atoms with Gasteiger partial charge in [-0.15, -0.1) is 0 Å². The van der Waals surface area contributed by atoms with Crippen LogP contribution in [0.15, 0.2) is 0 Å². The van der Waals surface area contributed by atoms with E-state index in [2.05, 4.69) is 5.32 Å². The first-order valence-electron chi connectivity index (χ1n) is 4.63. The van der Waals surface area contributed by atoms with Crippen molar-refractivity contribution >= 4 is 5.91 Å². The molecule has 0 fully saturated rings. The highest BCUT2D eigenvalue weighted by Gasteiger charge is 2.21. The lowest BCUT2D eigenvalue weighted by atomic mass is 10.0. The molecule has 0 saturated carbocycles. The number of carbonyl (C=O) groups is 1. The van der Waals surface area contributed by atoms with E-state index in [1.807, 2.05) is 0 Å². The Balaban J connectivity index is 3.80. The van der Waals surface area contributed by atoms with E-state index >= 15 is 0 Å². The minimum atomic E-state index is -0.944.